The SMILES string of the molecule is COc1cc(/C=C(\C#N)C(=O)Nc2cccc([N+](=O)[O-])c2)c(Br)cc1OCc1ccccc1F. The summed E-state index contributed by atoms with van der Waals surface area (Å²) in [5.74, 6) is -0.501. The third-order valence-electron chi connectivity index (χ3n) is 4.60. The van der Waals surface area contributed by atoms with E-state index in [0.29, 0.717) is 27.1 Å². The van der Waals surface area contributed by atoms with Crippen molar-refractivity contribution in [2.24, 2.45) is 0 Å². The fourth-order valence-corrected chi connectivity index (χ4v) is 3.34. The zero-order chi connectivity index (χ0) is 24.7. The molecule has 0 aliphatic carbocycles. The highest BCUT2D eigenvalue weighted by Crippen LogP contribution is 2.35. The number of anilines is 1. The van der Waals surface area contributed by atoms with Gasteiger partial charge in [-0.25, -0.2) is 4.39 Å². The number of methoxy groups -OCH3 is 1. The van der Waals surface area contributed by atoms with Gasteiger partial charge in [0.25, 0.3) is 11.6 Å². The van der Waals surface area contributed by atoms with Gasteiger partial charge in [-0.1, -0.05) is 40.2 Å². The smallest absolute Gasteiger partial charge is 0.271 e. The first kappa shape index (κ1) is 24.4. The Kier molecular flexibility index (Phi) is 7.95. The van der Waals surface area contributed by atoms with Gasteiger partial charge in [-0.2, -0.15) is 5.26 Å². The van der Waals surface area contributed by atoms with E-state index in [1.165, 1.54) is 43.5 Å². The van der Waals surface area contributed by atoms with Crippen molar-refractivity contribution in [3.05, 3.63) is 97.8 Å². The topological polar surface area (TPSA) is 114 Å². The normalized spacial score (nSPS) is 10.8. The molecule has 0 aliphatic heterocycles. The largest absolute Gasteiger partial charge is 0.493 e. The molecule has 0 heterocycles. The Morgan fingerprint density at radius 1 is 1.21 bits per heavy atom. The van der Waals surface area contributed by atoms with E-state index < -0.39 is 16.6 Å². The van der Waals surface area contributed by atoms with Crippen LogP contribution in [0, 0.1) is 27.3 Å². The molecule has 8 nitrogen and oxygen atoms in total. The van der Waals surface area contributed by atoms with Gasteiger partial charge in [0.15, 0.2) is 11.5 Å². The summed E-state index contributed by atoms with van der Waals surface area (Å²) < 4.78 is 25.4. The van der Waals surface area contributed by atoms with Crippen LogP contribution in [-0.2, 0) is 11.4 Å². The summed E-state index contributed by atoms with van der Waals surface area (Å²) in [6.45, 7) is -0.0281. The van der Waals surface area contributed by atoms with Gasteiger partial charge in [0, 0.05) is 27.9 Å². The van der Waals surface area contributed by atoms with Crippen LogP contribution in [0.1, 0.15) is 11.1 Å². The van der Waals surface area contributed by atoms with Crippen LogP contribution in [0.2, 0.25) is 0 Å². The fourth-order valence-electron chi connectivity index (χ4n) is 2.90. The molecule has 0 aliphatic rings. The number of hydrogen-bond acceptors (Lipinski definition) is 6. The van der Waals surface area contributed by atoms with E-state index in [0.717, 1.165) is 0 Å². The van der Waals surface area contributed by atoms with Gasteiger partial charge < -0.3 is 14.8 Å². The van der Waals surface area contributed by atoms with E-state index in [9.17, 15) is 24.6 Å². The summed E-state index contributed by atoms with van der Waals surface area (Å²) in [5, 5.41) is 22.9. The second kappa shape index (κ2) is 11.1. The van der Waals surface area contributed by atoms with E-state index in [2.05, 4.69) is 21.2 Å². The second-order valence-corrected chi connectivity index (χ2v) is 7.69. The van der Waals surface area contributed by atoms with Gasteiger partial charge in [0.2, 0.25) is 0 Å². The van der Waals surface area contributed by atoms with Crippen LogP contribution < -0.4 is 14.8 Å². The van der Waals surface area contributed by atoms with Crippen LogP contribution in [0.25, 0.3) is 6.08 Å². The summed E-state index contributed by atoms with van der Waals surface area (Å²) >= 11 is 3.38. The molecule has 0 radical (unpaired) electrons. The maximum absolute atomic E-state index is 13.9. The van der Waals surface area contributed by atoms with Crippen LogP contribution in [0.4, 0.5) is 15.8 Å². The van der Waals surface area contributed by atoms with Gasteiger partial charge in [0.1, 0.15) is 24.1 Å². The number of non-ortho nitro benzene ring substituents is 1. The van der Waals surface area contributed by atoms with Crippen molar-refractivity contribution in [1.82, 2.24) is 0 Å². The van der Waals surface area contributed by atoms with E-state index in [4.69, 9.17) is 9.47 Å². The van der Waals surface area contributed by atoms with Crippen molar-refractivity contribution in [1.29, 1.82) is 5.26 Å². The summed E-state index contributed by atoms with van der Waals surface area (Å²) in [7, 11) is 1.42. The number of rotatable bonds is 8. The molecule has 3 aromatic rings. The predicted molar refractivity (Wildman–Crippen MR) is 127 cm³/mol. The van der Waals surface area contributed by atoms with Gasteiger partial charge in [-0.15, -0.1) is 0 Å². The maximum Gasteiger partial charge on any atom is 0.271 e. The predicted octanol–water partition coefficient (Wildman–Crippen LogP) is 5.63. The maximum atomic E-state index is 13.9. The van der Waals surface area contributed by atoms with Crippen molar-refractivity contribution in [3.8, 4) is 17.6 Å². The van der Waals surface area contributed by atoms with Crippen molar-refractivity contribution in [2.45, 2.75) is 6.61 Å². The zero-order valence-corrected chi connectivity index (χ0v) is 19.3. The molecular weight excluding hydrogens is 509 g/mol. The number of carbonyl (C=O) groups is 1. The Balaban J connectivity index is 1.83. The van der Waals surface area contributed by atoms with Gasteiger partial charge in [0.05, 0.1) is 12.0 Å². The van der Waals surface area contributed by atoms with Crippen molar-refractivity contribution in [2.75, 3.05) is 12.4 Å². The van der Waals surface area contributed by atoms with Gasteiger partial charge >= 0.3 is 0 Å². The molecule has 0 aromatic heterocycles. The van der Waals surface area contributed by atoms with Crippen LogP contribution in [0.15, 0.2) is 70.7 Å². The number of carbonyl (C=O) groups excluding carboxylic acids is 1. The first-order chi connectivity index (χ1) is 16.3. The lowest BCUT2D eigenvalue weighted by atomic mass is 10.1. The summed E-state index contributed by atoms with van der Waals surface area (Å²) in [6, 6.07) is 16.5. The first-order valence-corrected chi connectivity index (χ1v) is 10.5. The lowest BCUT2D eigenvalue weighted by molar-refractivity contribution is -0.384. The fraction of sp³-hybridized carbons (Fsp3) is 0.0833. The molecule has 3 aromatic carbocycles. The first-order valence-electron chi connectivity index (χ1n) is 9.73. The Morgan fingerprint density at radius 2 is 1.97 bits per heavy atom. The zero-order valence-electron chi connectivity index (χ0n) is 17.7. The third-order valence-corrected chi connectivity index (χ3v) is 5.29. The summed E-state index contributed by atoms with van der Waals surface area (Å²) in [5.41, 5.74) is 0.553. The molecule has 0 unspecified atom stereocenters. The minimum Gasteiger partial charge on any atom is -0.493 e. The molecule has 0 atom stereocenters. The number of nitro groups is 1. The van der Waals surface area contributed by atoms with Crippen LogP contribution in [0.3, 0.4) is 0 Å². The minimum atomic E-state index is -0.742. The standard InChI is InChI=1S/C24H17BrFN3O5/c1-33-22-10-16(20(25)12-23(22)34-14-15-5-2-3-8-21(15)26)9-17(13-27)24(30)28-18-6-4-7-19(11-18)29(31)32/h2-12H,14H2,1H3,(H,28,30)/b17-9+. The summed E-state index contributed by atoms with van der Waals surface area (Å²) in [4.78, 5) is 22.9. The average molecular weight is 526 g/mol. The molecule has 0 fully saturated rings. The minimum absolute atomic E-state index is 0.0281. The lowest BCUT2D eigenvalue weighted by Gasteiger charge is -2.13. The van der Waals surface area contributed by atoms with Crippen molar-refractivity contribution in [3.63, 3.8) is 0 Å². The van der Waals surface area contributed by atoms with Gasteiger partial charge in [-0.3, -0.25) is 14.9 Å². The monoisotopic (exact) mass is 525 g/mol. The van der Waals surface area contributed by atoms with E-state index in [1.807, 2.05) is 6.07 Å². The van der Waals surface area contributed by atoms with Crippen LogP contribution in [0.5, 0.6) is 11.5 Å². The number of amides is 1. The number of nitrogens with zero attached hydrogens (tertiary/aromatic N) is 2. The van der Waals surface area contributed by atoms with Crippen molar-refractivity contribution >= 4 is 39.3 Å². The molecule has 3 rings (SSSR count). The lowest BCUT2D eigenvalue weighted by Crippen LogP contribution is -2.13. The second-order valence-electron chi connectivity index (χ2n) is 6.84. The average Bonchev–Trinajstić information content (AvgIpc) is 2.83. The molecule has 34 heavy (non-hydrogen) atoms. The molecule has 0 bridgehead atoms. The number of halogens is 2. The number of benzene rings is 3. The summed E-state index contributed by atoms with van der Waals surface area (Å²) in [6.07, 6.45) is 1.33. The highest BCUT2D eigenvalue weighted by Gasteiger charge is 2.15. The van der Waals surface area contributed by atoms with E-state index >= 15 is 0 Å². The molecule has 1 amide bonds. The number of nitro benzene ring substituents is 1. The molecule has 0 saturated heterocycles. The molecule has 0 saturated carbocycles. The number of ether oxygens (including phenoxy) is 2. The Hall–Kier alpha value is -4.23. The van der Waals surface area contributed by atoms with E-state index in [-0.39, 0.29) is 23.6 Å². The van der Waals surface area contributed by atoms with Gasteiger partial charge in [-0.05, 0) is 35.9 Å². The molecule has 172 valence electrons. The number of nitrogens with one attached hydrogen (secondary N) is 1. The van der Waals surface area contributed by atoms with Crippen molar-refractivity contribution < 1.29 is 23.6 Å². The quantitative estimate of drug-likeness (QED) is 0.176. The molecule has 10 heteroatoms. The third kappa shape index (κ3) is 5.96. The Bertz CT molecular complexity index is 1320. The van der Waals surface area contributed by atoms with Crippen LogP contribution >= 0.6 is 15.9 Å². The molecular formula is C24H17BrFN3O5. The van der Waals surface area contributed by atoms with Crippen LogP contribution in [-0.4, -0.2) is 17.9 Å². The number of nitriles is 1. The Morgan fingerprint density at radius 3 is 2.65 bits per heavy atom. The van der Waals surface area contributed by atoms with E-state index in [1.54, 1.807) is 30.3 Å². The highest BCUT2D eigenvalue weighted by molar-refractivity contribution is 9.10. The highest BCUT2D eigenvalue weighted by atomic mass is 79.9. The molecule has 0 spiro atoms. The Labute approximate surface area is 202 Å². The molecule has 1 N–H and O–H groups in total. The number of hydrogen-bond donors (Lipinski definition) is 1.